The highest BCUT2D eigenvalue weighted by molar-refractivity contribution is 7.12. The van der Waals surface area contributed by atoms with Crippen molar-refractivity contribution in [3.63, 3.8) is 0 Å². The number of thiophene rings is 1. The molecule has 2 unspecified atom stereocenters. The number of aromatic hydroxyl groups is 2. The molecule has 1 aromatic heterocycles. The molecule has 1 heterocycles. The maximum atomic E-state index is 9.84. The third kappa shape index (κ3) is 3.28. The highest BCUT2D eigenvalue weighted by atomic mass is 32.1. The Morgan fingerprint density at radius 3 is 2.42 bits per heavy atom. The molecule has 0 aliphatic carbocycles. The van der Waals surface area contributed by atoms with Gasteiger partial charge in [-0.3, -0.25) is 0 Å². The van der Waals surface area contributed by atoms with E-state index in [4.69, 9.17) is 0 Å². The maximum Gasteiger partial charge on any atom is 0.120 e. The van der Waals surface area contributed by atoms with Crippen LogP contribution in [0.15, 0.2) is 30.3 Å². The molecule has 0 saturated carbocycles. The van der Waals surface area contributed by atoms with Crippen molar-refractivity contribution in [1.29, 1.82) is 0 Å². The Labute approximate surface area is 117 Å². The molecule has 2 rings (SSSR count). The van der Waals surface area contributed by atoms with Crippen LogP contribution in [-0.2, 0) is 0 Å². The van der Waals surface area contributed by atoms with Gasteiger partial charge in [0.1, 0.15) is 11.5 Å². The first-order valence-electron chi connectivity index (χ1n) is 6.31. The number of nitrogens with one attached hydrogen (secondary N) is 1. The summed E-state index contributed by atoms with van der Waals surface area (Å²) in [6.45, 7) is 6.17. The molecule has 2 atom stereocenters. The molecule has 0 spiro atoms. The predicted octanol–water partition coefficient (Wildman–Crippen LogP) is 3.88. The van der Waals surface area contributed by atoms with Crippen LogP contribution in [0.3, 0.4) is 0 Å². The van der Waals surface area contributed by atoms with Gasteiger partial charge in [0.2, 0.25) is 0 Å². The van der Waals surface area contributed by atoms with Crippen molar-refractivity contribution >= 4 is 11.3 Å². The molecule has 0 bridgehead atoms. The molecule has 102 valence electrons. The van der Waals surface area contributed by atoms with Crippen LogP contribution in [0.1, 0.15) is 41.2 Å². The van der Waals surface area contributed by atoms with Gasteiger partial charge in [-0.05, 0) is 51.1 Å². The lowest BCUT2D eigenvalue weighted by Gasteiger charge is -2.20. The van der Waals surface area contributed by atoms with E-state index in [1.54, 1.807) is 17.4 Å². The fraction of sp³-hybridized carbons (Fsp3) is 0.333. The van der Waals surface area contributed by atoms with Gasteiger partial charge in [0.15, 0.2) is 0 Å². The highest BCUT2D eigenvalue weighted by Crippen LogP contribution is 2.30. The highest BCUT2D eigenvalue weighted by Gasteiger charge is 2.15. The van der Waals surface area contributed by atoms with Crippen molar-refractivity contribution in [3.8, 4) is 11.5 Å². The Hall–Kier alpha value is -1.52. The molecular formula is C15H19NO2S. The lowest BCUT2D eigenvalue weighted by atomic mass is 10.1. The van der Waals surface area contributed by atoms with E-state index in [1.807, 2.05) is 6.92 Å². The minimum atomic E-state index is -0.0375. The van der Waals surface area contributed by atoms with Crippen LogP contribution in [0.5, 0.6) is 11.5 Å². The summed E-state index contributed by atoms with van der Waals surface area (Å²) in [4.78, 5) is 2.56. The Morgan fingerprint density at radius 1 is 1.05 bits per heavy atom. The van der Waals surface area contributed by atoms with Gasteiger partial charge >= 0.3 is 0 Å². The van der Waals surface area contributed by atoms with E-state index in [0.717, 1.165) is 0 Å². The van der Waals surface area contributed by atoms with E-state index in [9.17, 15) is 10.2 Å². The molecule has 3 N–H and O–H groups in total. The number of phenols is 2. The quantitative estimate of drug-likeness (QED) is 0.743. The number of rotatable bonds is 4. The van der Waals surface area contributed by atoms with Crippen molar-refractivity contribution in [2.45, 2.75) is 32.9 Å². The average Bonchev–Trinajstić information content (AvgIpc) is 2.79. The number of phenolic OH excluding ortho intramolecular Hbond substituents is 2. The monoisotopic (exact) mass is 277 g/mol. The van der Waals surface area contributed by atoms with Crippen molar-refractivity contribution in [2.75, 3.05) is 0 Å². The predicted molar refractivity (Wildman–Crippen MR) is 78.8 cm³/mol. The Morgan fingerprint density at radius 2 is 1.79 bits per heavy atom. The van der Waals surface area contributed by atoms with Crippen LogP contribution < -0.4 is 5.32 Å². The molecule has 2 aromatic rings. The lowest BCUT2D eigenvalue weighted by molar-refractivity contribution is 0.430. The minimum Gasteiger partial charge on any atom is -0.508 e. The van der Waals surface area contributed by atoms with E-state index in [2.05, 4.69) is 31.3 Å². The maximum absolute atomic E-state index is 9.84. The van der Waals surface area contributed by atoms with Crippen molar-refractivity contribution in [2.24, 2.45) is 0 Å². The molecule has 1 aromatic carbocycles. The second kappa shape index (κ2) is 5.63. The summed E-state index contributed by atoms with van der Waals surface area (Å²) in [5.74, 6) is 0.369. The molecule has 0 amide bonds. The first-order chi connectivity index (χ1) is 8.97. The molecule has 0 aliphatic rings. The summed E-state index contributed by atoms with van der Waals surface area (Å²) >= 11 is 1.77. The summed E-state index contributed by atoms with van der Waals surface area (Å²) in [5, 5.41) is 22.8. The lowest BCUT2D eigenvalue weighted by Crippen LogP contribution is -2.21. The summed E-state index contributed by atoms with van der Waals surface area (Å²) in [6.07, 6.45) is 0. The third-order valence-corrected chi connectivity index (χ3v) is 4.35. The Bertz CT molecular complexity index is 565. The van der Waals surface area contributed by atoms with Crippen molar-refractivity contribution in [1.82, 2.24) is 5.32 Å². The summed E-state index contributed by atoms with van der Waals surface area (Å²) in [7, 11) is 0. The number of aryl methyl sites for hydroxylation is 1. The van der Waals surface area contributed by atoms with Gasteiger partial charge in [0.25, 0.3) is 0 Å². The van der Waals surface area contributed by atoms with E-state index in [0.29, 0.717) is 5.56 Å². The van der Waals surface area contributed by atoms with E-state index >= 15 is 0 Å². The van der Waals surface area contributed by atoms with E-state index < -0.39 is 0 Å². The molecular weight excluding hydrogens is 258 g/mol. The molecule has 19 heavy (non-hydrogen) atoms. The summed E-state index contributed by atoms with van der Waals surface area (Å²) in [5.41, 5.74) is 0.708. The van der Waals surface area contributed by atoms with E-state index in [-0.39, 0.29) is 23.6 Å². The van der Waals surface area contributed by atoms with Gasteiger partial charge in [0, 0.05) is 27.4 Å². The molecule has 3 nitrogen and oxygen atoms in total. The minimum absolute atomic E-state index is 0.0375. The zero-order valence-corrected chi connectivity index (χ0v) is 12.2. The zero-order valence-electron chi connectivity index (χ0n) is 11.3. The molecule has 0 aliphatic heterocycles. The van der Waals surface area contributed by atoms with Crippen LogP contribution >= 0.6 is 11.3 Å². The Balaban J connectivity index is 2.12. The van der Waals surface area contributed by atoms with Crippen LogP contribution in [0.25, 0.3) is 0 Å². The number of hydrogen-bond acceptors (Lipinski definition) is 4. The summed E-state index contributed by atoms with van der Waals surface area (Å²) in [6, 6.07) is 8.99. The van der Waals surface area contributed by atoms with E-state index in [1.165, 1.54) is 21.9 Å². The van der Waals surface area contributed by atoms with Gasteiger partial charge in [0.05, 0.1) is 0 Å². The molecule has 0 saturated heterocycles. The largest absolute Gasteiger partial charge is 0.508 e. The molecule has 0 fully saturated rings. The van der Waals surface area contributed by atoms with Crippen LogP contribution in [0, 0.1) is 6.92 Å². The van der Waals surface area contributed by atoms with Gasteiger partial charge < -0.3 is 15.5 Å². The topological polar surface area (TPSA) is 52.5 Å². The smallest absolute Gasteiger partial charge is 0.120 e. The first kappa shape index (κ1) is 13.9. The normalized spacial score (nSPS) is 14.3. The van der Waals surface area contributed by atoms with Gasteiger partial charge in [-0.1, -0.05) is 0 Å². The second-order valence-electron chi connectivity index (χ2n) is 4.80. The Kier molecular flexibility index (Phi) is 4.12. The standard InChI is InChI=1S/C15H19NO2S/c1-9-4-7-15(19-9)11(3)16-10(2)13-8-12(17)5-6-14(13)18/h4-8,10-11,16-18H,1-3H3. The molecule has 4 heteroatoms. The fourth-order valence-electron chi connectivity index (χ4n) is 2.12. The zero-order chi connectivity index (χ0) is 14.0. The van der Waals surface area contributed by atoms with Crippen molar-refractivity contribution < 1.29 is 10.2 Å². The van der Waals surface area contributed by atoms with Crippen LogP contribution in [0.4, 0.5) is 0 Å². The number of hydrogen-bond donors (Lipinski definition) is 3. The van der Waals surface area contributed by atoms with Crippen molar-refractivity contribution in [3.05, 3.63) is 45.6 Å². The van der Waals surface area contributed by atoms with Gasteiger partial charge in [-0.25, -0.2) is 0 Å². The third-order valence-electron chi connectivity index (χ3n) is 3.17. The first-order valence-corrected chi connectivity index (χ1v) is 7.13. The average molecular weight is 277 g/mol. The fourth-order valence-corrected chi connectivity index (χ4v) is 3.01. The molecule has 0 radical (unpaired) electrons. The van der Waals surface area contributed by atoms with Crippen LogP contribution in [0.2, 0.25) is 0 Å². The summed E-state index contributed by atoms with van der Waals surface area (Å²) < 4.78 is 0. The van der Waals surface area contributed by atoms with Crippen LogP contribution in [-0.4, -0.2) is 10.2 Å². The number of benzene rings is 1. The SMILES string of the molecule is Cc1ccc(C(C)NC(C)c2cc(O)ccc2O)s1. The van der Waals surface area contributed by atoms with Gasteiger partial charge in [-0.2, -0.15) is 0 Å². The van der Waals surface area contributed by atoms with Gasteiger partial charge in [-0.15, -0.1) is 11.3 Å². The second-order valence-corrected chi connectivity index (χ2v) is 6.12.